The molecule has 0 spiro atoms. The fourth-order valence-corrected chi connectivity index (χ4v) is 2.99. The van der Waals surface area contributed by atoms with E-state index in [-0.39, 0.29) is 0 Å². The molecule has 2 rings (SSSR count). The van der Waals surface area contributed by atoms with Gasteiger partial charge in [-0.25, -0.2) is 0 Å². The summed E-state index contributed by atoms with van der Waals surface area (Å²) < 4.78 is 0. The summed E-state index contributed by atoms with van der Waals surface area (Å²) in [6, 6.07) is 0. The molecular formula is C12H24N2. The molecule has 2 nitrogen and oxygen atoms in total. The molecule has 2 aliphatic rings. The number of hydrogen-bond donors (Lipinski definition) is 1. The lowest BCUT2D eigenvalue weighted by molar-refractivity contribution is 0.0965. The van der Waals surface area contributed by atoms with Crippen LogP contribution in [-0.2, 0) is 0 Å². The molecule has 0 radical (unpaired) electrons. The van der Waals surface area contributed by atoms with Crippen LogP contribution >= 0.6 is 0 Å². The molecule has 0 aromatic carbocycles. The first-order valence-electron chi connectivity index (χ1n) is 6.09. The molecule has 1 aliphatic heterocycles. The van der Waals surface area contributed by atoms with Gasteiger partial charge < -0.3 is 10.2 Å². The number of hydrogen-bond acceptors (Lipinski definition) is 2. The van der Waals surface area contributed by atoms with E-state index in [1.807, 2.05) is 0 Å². The van der Waals surface area contributed by atoms with Crippen LogP contribution in [0.4, 0.5) is 0 Å². The minimum Gasteiger partial charge on any atom is -0.319 e. The van der Waals surface area contributed by atoms with Crippen molar-refractivity contribution in [3.05, 3.63) is 0 Å². The second-order valence-corrected chi connectivity index (χ2v) is 5.61. The Morgan fingerprint density at radius 3 is 2.79 bits per heavy atom. The predicted molar refractivity (Wildman–Crippen MR) is 60.4 cm³/mol. The lowest BCUT2D eigenvalue weighted by atomic mass is 9.70. The standard InChI is InChI=1S/C12H24N2/c1-12(5-3-6-12)10-14-7-4-11(9-14)8-13-2/h11,13H,3-10H2,1-2H3. The van der Waals surface area contributed by atoms with Crippen molar-refractivity contribution in [2.75, 3.05) is 33.2 Å². The van der Waals surface area contributed by atoms with Crippen LogP contribution in [0.1, 0.15) is 32.6 Å². The van der Waals surface area contributed by atoms with Gasteiger partial charge in [0.05, 0.1) is 0 Å². The van der Waals surface area contributed by atoms with Crippen molar-refractivity contribution < 1.29 is 0 Å². The van der Waals surface area contributed by atoms with Gasteiger partial charge in [-0.2, -0.15) is 0 Å². The number of nitrogens with zero attached hydrogens (tertiary/aromatic N) is 1. The van der Waals surface area contributed by atoms with Crippen molar-refractivity contribution in [2.24, 2.45) is 11.3 Å². The van der Waals surface area contributed by atoms with Crippen LogP contribution in [0.15, 0.2) is 0 Å². The van der Waals surface area contributed by atoms with Gasteiger partial charge in [0.25, 0.3) is 0 Å². The van der Waals surface area contributed by atoms with Gasteiger partial charge in [0.2, 0.25) is 0 Å². The van der Waals surface area contributed by atoms with Gasteiger partial charge in [-0.3, -0.25) is 0 Å². The molecular weight excluding hydrogens is 172 g/mol. The maximum atomic E-state index is 3.29. The largest absolute Gasteiger partial charge is 0.319 e. The summed E-state index contributed by atoms with van der Waals surface area (Å²) in [7, 11) is 2.07. The zero-order valence-corrected chi connectivity index (χ0v) is 9.68. The molecule has 1 saturated heterocycles. The van der Waals surface area contributed by atoms with Gasteiger partial charge in [-0.15, -0.1) is 0 Å². The Morgan fingerprint density at radius 2 is 2.21 bits per heavy atom. The van der Waals surface area contributed by atoms with E-state index in [0.717, 1.165) is 5.92 Å². The first kappa shape index (κ1) is 10.4. The highest BCUT2D eigenvalue weighted by Gasteiger charge is 2.35. The SMILES string of the molecule is CNCC1CCN(CC2(C)CCC2)C1. The lowest BCUT2D eigenvalue weighted by Crippen LogP contribution is -2.39. The predicted octanol–water partition coefficient (Wildman–Crippen LogP) is 1.72. The third-order valence-corrected chi connectivity index (χ3v) is 4.03. The summed E-state index contributed by atoms with van der Waals surface area (Å²) in [5, 5.41) is 3.29. The van der Waals surface area contributed by atoms with Crippen molar-refractivity contribution in [3.8, 4) is 0 Å². The second kappa shape index (κ2) is 4.19. The number of nitrogens with one attached hydrogen (secondary N) is 1. The molecule has 1 aliphatic carbocycles. The molecule has 2 fully saturated rings. The number of rotatable bonds is 4. The van der Waals surface area contributed by atoms with Crippen molar-refractivity contribution in [3.63, 3.8) is 0 Å². The molecule has 1 heterocycles. The van der Waals surface area contributed by atoms with E-state index in [4.69, 9.17) is 0 Å². The Balaban J connectivity index is 1.73. The molecule has 0 aromatic rings. The topological polar surface area (TPSA) is 15.3 Å². The van der Waals surface area contributed by atoms with Gasteiger partial charge in [0.15, 0.2) is 0 Å². The first-order valence-corrected chi connectivity index (χ1v) is 6.09. The van der Waals surface area contributed by atoms with E-state index >= 15 is 0 Å². The highest BCUT2D eigenvalue weighted by atomic mass is 15.2. The van der Waals surface area contributed by atoms with Crippen molar-refractivity contribution >= 4 is 0 Å². The van der Waals surface area contributed by atoms with E-state index in [2.05, 4.69) is 24.2 Å². The minimum absolute atomic E-state index is 0.675. The summed E-state index contributed by atoms with van der Waals surface area (Å²) in [4.78, 5) is 2.68. The minimum atomic E-state index is 0.675. The van der Waals surface area contributed by atoms with Gasteiger partial charge in [-0.1, -0.05) is 13.3 Å². The molecule has 0 amide bonds. The Kier molecular flexibility index (Phi) is 3.13. The van der Waals surface area contributed by atoms with Gasteiger partial charge in [0.1, 0.15) is 0 Å². The van der Waals surface area contributed by atoms with Crippen molar-refractivity contribution in [1.29, 1.82) is 0 Å². The monoisotopic (exact) mass is 196 g/mol. The summed E-state index contributed by atoms with van der Waals surface area (Å²) >= 11 is 0. The molecule has 1 atom stereocenters. The smallest absolute Gasteiger partial charge is 0.00354 e. The average molecular weight is 196 g/mol. The Labute approximate surface area is 88.1 Å². The van der Waals surface area contributed by atoms with E-state index in [1.54, 1.807) is 0 Å². The normalized spacial score (nSPS) is 31.7. The Morgan fingerprint density at radius 1 is 1.43 bits per heavy atom. The highest BCUT2D eigenvalue weighted by Crippen LogP contribution is 2.41. The van der Waals surface area contributed by atoms with Crippen LogP contribution in [0.5, 0.6) is 0 Å². The number of likely N-dealkylation sites (tertiary alicyclic amines) is 1. The molecule has 0 aromatic heterocycles. The van der Waals surface area contributed by atoms with Gasteiger partial charge in [-0.05, 0) is 50.7 Å². The summed E-state index contributed by atoms with van der Waals surface area (Å²) in [5.41, 5.74) is 0.675. The third-order valence-electron chi connectivity index (χ3n) is 4.03. The first-order chi connectivity index (χ1) is 6.72. The fraction of sp³-hybridized carbons (Fsp3) is 1.00. The Bertz CT molecular complexity index is 187. The molecule has 1 N–H and O–H groups in total. The van der Waals surface area contributed by atoms with Gasteiger partial charge in [0, 0.05) is 13.1 Å². The van der Waals surface area contributed by atoms with Crippen LogP contribution in [0.2, 0.25) is 0 Å². The summed E-state index contributed by atoms with van der Waals surface area (Å²) in [6.07, 6.45) is 5.78. The molecule has 82 valence electrons. The maximum absolute atomic E-state index is 3.29. The summed E-state index contributed by atoms with van der Waals surface area (Å²) in [5.74, 6) is 0.906. The molecule has 14 heavy (non-hydrogen) atoms. The second-order valence-electron chi connectivity index (χ2n) is 5.61. The van der Waals surface area contributed by atoms with E-state index in [1.165, 1.54) is 51.9 Å². The molecule has 0 bridgehead atoms. The van der Waals surface area contributed by atoms with Crippen LogP contribution in [0.25, 0.3) is 0 Å². The van der Waals surface area contributed by atoms with E-state index in [9.17, 15) is 0 Å². The highest BCUT2D eigenvalue weighted by molar-refractivity contribution is 4.88. The third kappa shape index (κ3) is 2.29. The summed E-state index contributed by atoms with van der Waals surface area (Å²) in [6.45, 7) is 7.68. The van der Waals surface area contributed by atoms with Crippen LogP contribution in [0.3, 0.4) is 0 Å². The zero-order chi connectivity index (χ0) is 10.0. The molecule has 1 unspecified atom stereocenters. The Hall–Kier alpha value is -0.0800. The van der Waals surface area contributed by atoms with Crippen LogP contribution in [0, 0.1) is 11.3 Å². The fourth-order valence-electron chi connectivity index (χ4n) is 2.99. The van der Waals surface area contributed by atoms with Crippen molar-refractivity contribution in [1.82, 2.24) is 10.2 Å². The van der Waals surface area contributed by atoms with Crippen molar-refractivity contribution in [2.45, 2.75) is 32.6 Å². The van der Waals surface area contributed by atoms with Gasteiger partial charge >= 0.3 is 0 Å². The zero-order valence-electron chi connectivity index (χ0n) is 9.68. The molecule has 1 saturated carbocycles. The van der Waals surface area contributed by atoms with E-state index < -0.39 is 0 Å². The lowest BCUT2D eigenvalue weighted by Gasteiger charge is -2.41. The maximum Gasteiger partial charge on any atom is 0.00354 e. The van der Waals surface area contributed by atoms with E-state index in [0.29, 0.717) is 5.41 Å². The quantitative estimate of drug-likeness (QED) is 0.736. The van der Waals surface area contributed by atoms with Crippen LogP contribution in [-0.4, -0.2) is 38.1 Å². The average Bonchev–Trinajstić information content (AvgIpc) is 2.51. The van der Waals surface area contributed by atoms with Crippen LogP contribution < -0.4 is 5.32 Å². The molecule has 2 heteroatoms.